The van der Waals surface area contributed by atoms with E-state index in [-0.39, 0.29) is 18.6 Å². The number of hydrogen-bond donors (Lipinski definition) is 0. The number of anilines is 1. The van der Waals surface area contributed by atoms with Crippen molar-refractivity contribution in [2.75, 3.05) is 11.5 Å². The summed E-state index contributed by atoms with van der Waals surface area (Å²) >= 11 is 0. The Morgan fingerprint density at radius 2 is 1.93 bits per heavy atom. The van der Waals surface area contributed by atoms with E-state index in [0.29, 0.717) is 5.56 Å². The maximum Gasteiger partial charge on any atom is 0.338 e. The first-order valence-electron chi connectivity index (χ1n) is 8.54. The third-order valence-corrected chi connectivity index (χ3v) is 4.52. The fourth-order valence-corrected chi connectivity index (χ4v) is 3.26. The van der Waals surface area contributed by atoms with E-state index in [1.807, 2.05) is 31.2 Å². The van der Waals surface area contributed by atoms with E-state index < -0.39 is 5.97 Å². The van der Waals surface area contributed by atoms with Crippen LogP contribution >= 0.6 is 0 Å². The van der Waals surface area contributed by atoms with E-state index >= 15 is 0 Å². The monoisotopic (exact) mass is 363 g/mol. The number of hydrogen-bond acceptors (Lipinski definition) is 6. The third-order valence-electron chi connectivity index (χ3n) is 4.52. The molecule has 8 nitrogen and oxygen atoms in total. The van der Waals surface area contributed by atoms with Gasteiger partial charge in [0.1, 0.15) is 6.33 Å². The van der Waals surface area contributed by atoms with Gasteiger partial charge in [0.25, 0.3) is 5.91 Å². The molecule has 1 aromatic heterocycles. The minimum absolute atomic E-state index is 0.0455. The Morgan fingerprint density at radius 3 is 2.67 bits per heavy atom. The molecule has 3 aromatic rings. The van der Waals surface area contributed by atoms with Crippen LogP contribution in [0.25, 0.3) is 5.69 Å². The molecule has 1 unspecified atom stereocenters. The Bertz CT molecular complexity index is 969. The molecular formula is C19H17N5O3. The van der Waals surface area contributed by atoms with Crippen LogP contribution in [0.1, 0.15) is 22.8 Å². The first kappa shape index (κ1) is 16.9. The van der Waals surface area contributed by atoms with Gasteiger partial charge in [-0.1, -0.05) is 18.2 Å². The number of ether oxygens (including phenoxy) is 1. The SMILES string of the molecule is CC1Cc2ccccc2N1C(=O)COC(=O)c1ccc(-n2cnnn2)cc1. The van der Waals surface area contributed by atoms with Crippen LogP contribution in [0.3, 0.4) is 0 Å². The van der Waals surface area contributed by atoms with Crippen LogP contribution in [0.15, 0.2) is 54.9 Å². The van der Waals surface area contributed by atoms with Crippen LogP contribution in [0, 0.1) is 0 Å². The summed E-state index contributed by atoms with van der Waals surface area (Å²) in [4.78, 5) is 26.5. The average Bonchev–Trinajstić information content (AvgIpc) is 3.33. The van der Waals surface area contributed by atoms with Gasteiger partial charge in [-0.2, -0.15) is 0 Å². The van der Waals surface area contributed by atoms with E-state index in [9.17, 15) is 9.59 Å². The normalized spacial score (nSPS) is 15.4. The van der Waals surface area contributed by atoms with Gasteiger partial charge in [0, 0.05) is 11.7 Å². The number of carbonyl (C=O) groups is 2. The molecular weight excluding hydrogens is 346 g/mol. The smallest absolute Gasteiger partial charge is 0.338 e. The number of aromatic nitrogens is 4. The largest absolute Gasteiger partial charge is 0.452 e. The molecule has 2 aromatic carbocycles. The molecule has 0 saturated carbocycles. The maximum absolute atomic E-state index is 12.6. The zero-order chi connectivity index (χ0) is 18.8. The van der Waals surface area contributed by atoms with Gasteiger partial charge in [0.15, 0.2) is 6.61 Å². The molecule has 0 fully saturated rings. The van der Waals surface area contributed by atoms with Gasteiger partial charge in [0.2, 0.25) is 0 Å². The number of esters is 1. The lowest BCUT2D eigenvalue weighted by atomic mass is 10.1. The van der Waals surface area contributed by atoms with Gasteiger partial charge in [0.05, 0.1) is 11.3 Å². The number of benzene rings is 2. The molecule has 0 spiro atoms. The summed E-state index contributed by atoms with van der Waals surface area (Å²) in [5.41, 5.74) is 3.09. The Hall–Kier alpha value is -3.55. The molecule has 1 aliphatic rings. The van der Waals surface area contributed by atoms with Gasteiger partial charge >= 0.3 is 5.97 Å². The molecule has 2 heterocycles. The Kier molecular flexibility index (Phi) is 4.37. The van der Waals surface area contributed by atoms with Crippen LogP contribution in [0.5, 0.6) is 0 Å². The van der Waals surface area contributed by atoms with E-state index in [0.717, 1.165) is 23.4 Å². The van der Waals surface area contributed by atoms with Crippen molar-refractivity contribution in [3.05, 3.63) is 66.0 Å². The molecule has 1 aliphatic heterocycles. The van der Waals surface area contributed by atoms with Crippen molar-refractivity contribution >= 4 is 17.6 Å². The lowest BCUT2D eigenvalue weighted by Crippen LogP contribution is -2.38. The summed E-state index contributed by atoms with van der Waals surface area (Å²) in [6, 6.07) is 14.4. The van der Waals surface area contributed by atoms with Crippen molar-refractivity contribution in [1.29, 1.82) is 0 Å². The van der Waals surface area contributed by atoms with Crippen molar-refractivity contribution < 1.29 is 14.3 Å². The van der Waals surface area contributed by atoms with E-state index in [1.54, 1.807) is 29.2 Å². The predicted molar refractivity (Wildman–Crippen MR) is 96.5 cm³/mol. The van der Waals surface area contributed by atoms with Gasteiger partial charge in [-0.25, -0.2) is 9.48 Å². The second kappa shape index (κ2) is 6.99. The Morgan fingerprint density at radius 1 is 1.15 bits per heavy atom. The minimum atomic E-state index is -0.549. The van der Waals surface area contributed by atoms with E-state index in [1.165, 1.54) is 11.0 Å². The van der Waals surface area contributed by atoms with Crippen molar-refractivity contribution in [2.24, 2.45) is 0 Å². The van der Waals surface area contributed by atoms with E-state index in [4.69, 9.17) is 4.74 Å². The summed E-state index contributed by atoms with van der Waals surface area (Å²) < 4.78 is 6.70. The third kappa shape index (κ3) is 3.29. The topological polar surface area (TPSA) is 90.2 Å². The maximum atomic E-state index is 12.6. The van der Waals surface area contributed by atoms with Gasteiger partial charge in [-0.15, -0.1) is 5.10 Å². The lowest BCUT2D eigenvalue weighted by Gasteiger charge is -2.22. The van der Waals surface area contributed by atoms with Crippen molar-refractivity contribution in [3.8, 4) is 5.69 Å². The molecule has 4 rings (SSSR count). The highest BCUT2D eigenvalue weighted by Gasteiger charge is 2.31. The van der Waals surface area contributed by atoms with Crippen molar-refractivity contribution in [3.63, 3.8) is 0 Å². The fraction of sp³-hybridized carbons (Fsp3) is 0.211. The highest BCUT2D eigenvalue weighted by atomic mass is 16.5. The van der Waals surface area contributed by atoms with Crippen LogP contribution in [-0.4, -0.2) is 44.7 Å². The molecule has 0 aliphatic carbocycles. The lowest BCUT2D eigenvalue weighted by molar-refractivity contribution is -0.122. The minimum Gasteiger partial charge on any atom is -0.452 e. The average molecular weight is 363 g/mol. The molecule has 27 heavy (non-hydrogen) atoms. The van der Waals surface area contributed by atoms with Crippen molar-refractivity contribution in [1.82, 2.24) is 20.2 Å². The number of amides is 1. The van der Waals surface area contributed by atoms with Crippen LogP contribution in [0.4, 0.5) is 5.69 Å². The van der Waals surface area contributed by atoms with Gasteiger partial charge < -0.3 is 9.64 Å². The second-order valence-electron chi connectivity index (χ2n) is 6.32. The zero-order valence-corrected chi connectivity index (χ0v) is 14.6. The zero-order valence-electron chi connectivity index (χ0n) is 14.6. The Labute approximate surface area is 155 Å². The highest BCUT2D eigenvalue weighted by molar-refractivity contribution is 5.99. The molecule has 0 radical (unpaired) electrons. The first-order valence-corrected chi connectivity index (χ1v) is 8.54. The second-order valence-corrected chi connectivity index (χ2v) is 6.32. The number of rotatable bonds is 4. The van der Waals surface area contributed by atoms with Crippen molar-refractivity contribution in [2.45, 2.75) is 19.4 Å². The number of nitrogens with zero attached hydrogens (tertiary/aromatic N) is 5. The Balaban J connectivity index is 1.40. The van der Waals surface area contributed by atoms with Crippen LogP contribution in [0.2, 0.25) is 0 Å². The molecule has 8 heteroatoms. The number of para-hydroxylation sites is 1. The summed E-state index contributed by atoms with van der Waals surface area (Å²) in [7, 11) is 0. The molecule has 1 atom stereocenters. The number of tetrazole rings is 1. The standard InChI is InChI=1S/C19H17N5O3/c1-13-10-15-4-2-3-5-17(15)24(13)18(25)11-27-19(26)14-6-8-16(9-7-14)23-12-20-21-22-23/h2-9,12-13H,10-11H2,1H3. The molecule has 1 amide bonds. The summed E-state index contributed by atoms with van der Waals surface area (Å²) in [6.07, 6.45) is 2.26. The predicted octanol–water partition coefficient (Wildman–Crippen LogP) is 1.80. The molecule has 0 N–H and O–H groups in total. The summed E-state index contributed by atoms with van der Waals surface area (Å²) in [5.74, 6) is -0.780. The number of carbonyl (C=O) groups excluding carboxylic acids is 2. The molecule has 0 saturated heterocycles. The first-order chi connectivity index (χ1) is 13.1. The molecule has 0 bridgehead atoms. The quantitative estimate of drug-likeness (QED) is 0.657. The summed E-state index contributed by atoms with van der Waals surface area (Å²) in [5, 5.41) is 10.9. The van der Waals surface area contributed by atoms with Crippen LogP contribution in [-0.2, 0) is 16.0 Å². The summed E-state index contributed by atoms with van der Waals surface area (Å²) in [6.45, 7) is 1.68. The van der Waals surface area contributed by atoms with Gasteiger partial charge in [-0.3, -0.25) is 4.79 Å². The highest BCUT2D eigenvalue weighted by Crippen LogP contribution is 2.31. The molecule has 136 valence electrons. The van der Waals surface area contributed by atoms with Gasteiger partial charge in [-0.05, 0) is 59.7 Å². The van der Waals surface area contributed by atoms with Crippen LogP contribution < -0.4 is 4.90 Å². The fourth-order valence-electron chi connectivity index (χ4n) is 3.26. The number of fused-ring (bicyclic) bond motifs is 1. The van der Waals surface area contributed by atoms with E-state index in [2.05, 4.69) is 15.5 Å².